The van der Waals surface area contributed by atoms with Crippen LogP contribution in [0, 0.1) is 5.92 Å². The first-order valence-corrected chi connectivity index (χ1v) is 4.35. The summed E-state index contributed by atoms with van der Waals surface area (Å²) >= 11 is 0. The van der Waals surface area contributed by atoms with E-state index in [2.05, 4.69) is 0 Å². The summed E-state index contributed by atoms with van der Waals surface area (Å²) in [6, 6.07) is 0. The largest absolute Gasteiger partial charge is 0.462 e. The standard InChI is InChI=1S/C10H16O3/c1-8(6-4-5-7-11)9(2)13-10(3)12/h4,6-9H,5H2,1-3H3/b6-4+. The molecule has 0 aliphatic rings. The van der Waals surface area contributed by atoms with Crippen LogP contribution < -0.4 is 0 Å². The van der Waals surface area contributed by atoms with Gasteiger partial charge in [-0.3, -0.25) is 4.79 Å². The van der Waals surface area contributed by atoms with Crippen LogP contribution in [0.3, 0.4) is 0 Å². The summed E-state index contributed by atoms with van der Waals surface area (Å²) in [5, 5.41) is 0. The van der Waals surface area contributed by atoms with Crippen molar-refractivity contribution >= 4 is 12.3 Å². The van der Waals surface area contributed by atoms with E-state index in [1.807, 2.05) is 19.9 Å². The zero-order chi connectivity index (χ0) is 10.3. The minimum absolute atomic E-state index is 0.139. The maximum absolute atomic E-state index is 10.6. The summed E-state index contributed by atoms with van der Waals surface area (Å²) in [5.74, 6) is -0.132. The number of hydrogen-bond donors (Lipinski definition) is 0. The Morgan fingerprint density at radius 1 is 1.46 bits per heavy atom. The van der Waals surface area contributed by atoms with Gasteiger partial charge in [0.05, 0.1) is 0 Å². The summed E-state index contributed by atoms with van der Waals surface area (Å²) in [4.78, 5) is 20.6. The Hall–Kier alpha value is -1.12. The predicted molar refractivity (Wildman–Crippen MR) is 50.2 cm³/mol. The zero-order valence-electron chi connectivity index (χ0n) is 8.32. The number of rotatable bonds is 5. The van der Waals surface area contributed by atoms with Crippen LogP contribution >= 0.6 is 0 Å². The first-order chi connectivity index (χ1) is 6.07. The second-order valence-corrected chi connectivity index (χ2v) is 3.00. The van der Waals surface area contributed by atoms with Crippen molar-refractivity contribution in [1.82, 2.24) is 0 Å². The lowest BCUT2D eigenvalue weighted by Crippen LogP contribution is -2.19. The normalized spacial score (nSPS) is 15.3. The third kappa shape index (κ3) is 6.08. The molecule has 13 heavy (non-hydrogen) atoms. The van der Waals surface area contributed by atoms with Crippen molar-refractivity contribution in [2.24, 2.45) is 5.92 Å². The highest BCUT2D eigenvalue weighted by Gasteiger charge is 2.11. The van der Waals surface area contributed by atoms with Crippen LogP contribution in [-0.4, -0.2) is 18.4 Å². The summed E-state index contributed by atoms with van der Waals surface area (Å²) < 4.78 is 4.96. The summed E-state index contributed by atoms with van der Waals surface area (Å²) in [5.41, 5.74) is 0. The molecular formula is C10H16O3. The maximum Gasteiger partial charge on any atom is 0.302 e. The van der Waals surface area contributed by atoms with Crippen LogP contribution in [0.5, 0.6) is 0 Å². The Labute approximate surface area is 78.8 Å². The molecule has 0 rings (SSSR count). The van der Waals surface area contributed by atoms with Gasteiger partial charge in [0.15, 0.2) is 0 Å². The molecule has 0 radical (unpaired) electrons. The molecule has 0 N–H and O–H groups in total. The van der Waals surface area contributed by atoms with Gasteiger partial charge < -0.3 is 9.53 Å². The molecule has 74 valence electrons. The molecule has 0 heterocycles. The molecule has 0 aromatic rings. The molecule has 0 fully saturated rings. The molecule has 0 saturated heterocycles. The number of esters is 1. The molecule has 3 nitrogen and oxygen atoms in total. The van der Waals surface area contributed by atoms with E-state index in [9.17, 15) is 9.59 Å². The molecule has 0 aliphatic heterocycles. The van der Waals surface area contributed by atoms with Crippen LogP contribution in [0.15, 0.2) is 12.2 Å². The molecule has 0 aliphatic carbocycles. The predicted octanol–water partition coefficient (Wildman–Crippen LogP) is 1.72. The van der Waals surface area contributed by atoms with Gasteiger partial charge >= 0.3 is 5.97 Å². The fourth-order valence-corrected chi connectivity index (χ4v) is 0.874. The minimum Gasteiger partial charge on any atom is -0.462 e. The number of carbonyl (C=O) groups is 2. The molecular weight excluding hydrogens is 168 g/mol. The van der Waals surface area contributed by atoms with Crippen molar-refractivity contribution in [3.63, 3.8) is 0 Å². The van der Waals surface area contributed by atoms with Gasteiger partial charge in [0.25, 0.3) is 0 Å². The lowest BCUT2D eigenvalue weighted by Gasteiger charge is -2.15. The van der Waals surface area contributed by atoms with E-state index >= 15 is 0 Å². The van der Waals surface area contributed by atoms with E-state index in [0.29, 0.717) is 6.42 Å². The van der Waals surface area contributed by atoms with E-state index in [0.717, 1.165) is 6.29 Å². The van der Waals surface area contributed by atoms with Crippen molar-refractivity contribution in [3.8, 4) is 0 Å². The van der Waals surface area contributed by atoms with Crippen LogP contribution in [0.2, 0.25) is 0 Å². The van der Waals surface area contributed by atoms with Gasteiger partial charge in [-0.1, -0.05) is 19.1 Å². The fourth-order valence-electron chi connectivity index (χ4n) is 0.874. The van der Waals surface area contributed by atoms with Crippen LogP contribution in [0.25, 0.3) is 0 Å². The second-order valence-electron chi connectivity index (χ2n) is 3.00. The second kappa shape index (κ2) is 6.40. The van der Waals surface area contributed by atoms with Gasteiger partial charge in [-0.25, -0.2) is 0 Å². The zero-order valence-corrected chi connectivity index (χ0v) is 8.32. The summed E-state index contributed by atoms with van der Waals surface area (Å²) in [6.45, 7) is 5.16. The monoisotopic (exact) mass is 184 g/mol. The highest BCUT2D eigenvalue weighted by atomic mass is 16.5. The van der Waals surface area contributed by atoms with E-state index in [4.69, 9.17) is 4.74 Å². The Bertz CT molecular complexity index is 196. The van der Waals surface area contributed by atoms with E-state index in [1.54, 1.807) is 6.08 Å². The van der Waals surface area contributed by atoms with Crippen molar-refractivity contribution in [3.05, 3.63) is 12.2 Å². The quantitative estimate of drug-likeness (QED) is 0.371. The highest BCUT2D eigenvalue weighted by Crippen LogP contribution is 2.08. The molecule has 0 bridgehead atoms. The lowest BCUT2D eigenvalue weighted by atomic mass is 10.1. The van der Waals surface area contributed by atoms with Crippen molar-refractivity contribution in [2.75, 3.05) is 0 Å². The Morgan fingerprint density at radius 2 is 2.08 bits per heavy atom. The van der Waals surface area contributed by atoms with Crippen LogP contribution in [-0.2, 0) is 14.3 Å². The first-order valence-electron chi connectivity index (χ1n) is 4.35. The van der Waals surface area contributed by atoms with Crippen molar-refractivity contribution in [2.45, 2.75) is 33.3 Å². The topological polar surface area (TPSA) is 43.4 Å². The van der Waals surface area contributed by atoms with Gasteiger partial charge in [-0.15, -0.1) is 0 Å². The molecule has 0 aromatic carbocycles. The van der Waals surface area contributed by atoms with Gasteiger partial charge in [-0.05, 0) is 6.92 Å². The Balaban J connectivity index is 3.87. The summed E-state index contributed by atoms with van der Waals surface area (Å²) in [7, 11) is 0. The Kier molecular flexibility index (Phi) is 5.85. The third-order valence-corrected chi connectivity index (χ3v) is 1.76. The molecule has 0 spiro atoms. The van der Waals surface area contributed by atoms with Gasteiger partial charge in [-0.2, -0.15) is 0 Å². The van der Waals surface area contributed by atoms with Gasteiger partial charge in [0.1, 0.15) is 12.4 Å². The van der Waals surface area contributed by atoms with Gasteiger partial charge in [0, 0.05) is 19.3 Å². The number of aldehydes is 1. The summed E-state index contributed by atoms with van der Waals surface area (Å²) in [6.07, 6.45) is 4.76. The molecule has 2 atom stereocenters. The average Bonchev–Trinajstić information content (AvgIpc) is 2.03. The first kappa shape index (κ1) is 11.9. The van der Waals surface area contributed by atoms with E-state index in [1.165, 1.54) is 6.92 Å². The number of hydrogen-bond acceptors (Lipinski definition) is 3. The Morgan fingerprint density at radius 3 is 2.54 bits per heavy atom. The lowest BCUT2D eigenvalue weighted by molar-refractivity contribution is -0.146. The molecule has 3 heteroatoms. The minimum atomic E-state index is -0.275. The number of ether oxygens (including phenoxy) is 1. The highest BCUT2D eigenvalue weighted by molar-refractivity contribution is 5.66. The van der Waals surface area contributed by atoms with Gasteiger partial charge in [0.2, 0.25) is 0 Å². The van der Waals surface area contributed by atoms with Crippen LogP contribution in [0.4, 0.5) is 0 Å². The fraction of sp³-hybridized carbons (Fsp3) is 0.600. The van der Waals surface area contributed by atoms with Crippen LogP contribution in [0.1, 0.15) is 27.2 Å². The smallest absolute Gasteiger partial charge is 0.302 e. The van der Waals surface area contributed by atoms with Crippen molar-refractivity contribution in [1.29, 1.82) is 0 Å². The van der Waals surface area contributed by atoms with E-state index < -0.39 is 0 Å². The maximum atomic E-state index is 10.6. The third-order valence-electron chi connectivity index (χ3n) is 1.76. The molecule has 0 saturated carbocycles. The SMILES string of the molecule is CC(=O)OC(C)C(C)/C=C/CC=O. The number of allylic oxidation sites excluding steroid dienone is 1. The molecule has 0 amide bonds. The molecule has 2 unspecified atom stereocenters. The number of carbonyl (C=O) groups excluding carboxylic acids is 2. The van der Waals surface area contributed by atoms with E-state index in [-0.39, 0.29) is 18.0 Å². The molecule has 0 aromatic heterocycles. The average molecular weight is 184 g/mol. The van der Waals surface area contributed by atoms with Crippen molar-refractivity contribution < 1.29 is 14.3 Å².